The fraction of sp³-hybridized carbons (Fsp3) is 0.455. The number of piperidine rings is 1. The highest BCUT2D eigenvalue weighted by atomic mass is 32.2. The van der Waals surface area contributed by atoms with E-state index in [9.17, 15) is 28.1 Å². The van der Waals surface area contributed by atoms with Crippen molar-refractivity contribution in [3.8, 4) is 17.6 Å². The summed E-state index contributed by atoms with van der Waals surface area (Å²) in [7, 11) is -1.14. The van der Waals surface area contributed by atoms with Crippen LogP contribution in [0.2, 0.25) is 0 Å². The van der Waals surface area contributed by atoms with Gasteiger partial charge in [0.2, 0.25) is 5.91 Å². The van der Waals surface area contributed by atoms with Gasteiger partial charge in [-0.3, -0.25) is 33.8 Å². The van der Waals surface area contributed by atoms with Gasteiger partial charge in [-0.05, 0) is 86.8 Å². The van der Waals surface area contributed by atoms with E-state index in [1.54, 1.807) is 26.1 Å². The number of aryl methyl sites for hydroxylation is 1. The van der Waals surface area contributed by atoms with E-state index in [0.717, 1.165) is 74.1 Å². The Labute approximate surface area is 371 Å². The van der Waals surface area contributed by atoms with E-state index in [1.165, 1.54) is 33.6 Å². The molecule has 0 bridgehead atoms. The van der Waals surface area contributed by atoms with Crippen LogP contribution in [-0.4, -0.2) is 100 Å². The number of benzene rings is 3. The molecule has 4 fully saturated rings. The molecule has 0 unspecified atom stereocenters. The molecule has 65 heavy (non-hydrogen) atoms. The van der Waals surface area contributed by atoms with Gasteiger partial charge in [0.05, 0.1) is 35.8 Å². The molecule has 1 aliphatic carbocycles. The lowest BCUT2D eigenvalue weighted by Gasteiger charge is -2.44. The largest absolute Gasteiger partial charge is 0.450 e. The number of likely N-dealkylation sites (tertiary alicyclic amines) is 1. The van der Waals surface area contributed by atoms with Crippen LogP contribution in [0.25, 0.3) is 21.8 Å². The molecule has 5 aromatic rings. The number of ether oxygens (including phenoxy) is 2. The number of hydrogen-bond acceptors (Lipinski definition) is 11. The van der Waals surface area contributed by atoms with Crippen LogP contribution in [0.3, 0.4) is 0 Å². The summed E-state index contributed by atoms with van der Waals surface area (Å²) in [5.74, 6) is -3.83. The highest BCUT2D eigenvalue weighted by molar-refractivity contribution is 7.90. The number of halogens is 3. The Morgan fingerprint density at radius 1 is 1.02 bits per heavy atom. The van der Waals surface area contributed by atoms with E-state index >= 15 is 13.2 Å². The zero-order chi connectivity index (χ0) is 45.9. The molecule has 3 saturated heterocycles. The van der Waals surface area contributed by atoms with Gasteiger partial charge in [-0.1, -0.05) is 13.0 Å². The fourth-order valence-corrected chi connectivity index (χ4v) is 10.8. The van der Waals surface area contributed by atoms with E-state index in [1.807, 2.05) is 6.07 Å². The number of nitrogens with zero attached hydrogens (tertiary/aromatic N) is 8. The highest BCUT2D eigenvalue weighted by Crippen LogP contribution is 2.44. The molecule has 1 spiro atoms. The molecule has 3 amide bonds. The lowest BCUT2D eigenvalue weighted by Crippen LogP contribution is -2.49. The Bertz CT molecular complexity index is 2960. The summed E-state index contributed by atoms with van der Waals surface area (Å²) in [4.78, 5) is 46.4. The minimum absolute atomic E-state index is 0.0185. The van der Waals surface area contributed by atoms with Gasteiger partial charge < -0.3 is 14.4 Å². The number of urea groups is 1. The van der Waals surface area contributed by atoms with Crippen molar-refractivity contribution in [2.75, 3.05) is 49.5 Å². The first kappa shape index (κ1) is 44.1. The van der Waals surface area contributed by atoms with Crippen LogP contribution in [0.4, 0.5) is 29.5 Å². The van der Waals surface area contributed by atoms with E-state index in [-0.39, 0.29) is 55.0 Å². The summed E-state index contributed by atoms with van der Waals surface area (Å²) in [6, 6.07) is 9.10. The number of imide groups is 1. The number of fused-ring (bicyclic) bond motifs is 2. The molecule has 0 radical (unpaired) electrons. The summed E-state index contributed by atoms with van der Waals surface area (Å²) in [5, 5.41) is 16.8. The predicted octanol–water partition coefficient (Wildman–Crippen LogP) is 5.94. The van der Waals surface area contributed by atoms with E-state index < -0.39 is 67.5 Å². The minimum atomic E-state index is -4.11. The van der Waals surface area contributed by atoms with Crippen molar-refractivity contribution in [2.45, 2.75) is 81.9 Å². The minimum Gasteiger partial charge on any atom is -0.450 e. The van der Waals surface area contributed by atoms with Gasteiger partial charge in [0, 0.05) is 58.1 Å². The normalized spacial score (nSPS) is 21.6. The van der Waals surface area contributed by atoms with Gasteiger partial charge >= 0.3 is 16.2 Å². The Morgan fingerprint density at radius 3 is 2.48 bits per heavy atom. The summed E-state index contributed by atoms with van der Waals surface area (Å²) >= 11 is 0. The standard InChI is InChI=1S/C44H47F3N10O7S/c1-4-53(2)65(61,62)52-32-12-11-31(45)40(30(32)22-48)64-34-14-13-33-36(38(34)47)42(59)57(24-49-33)27-21-44(63-23-27)16-19-55(20-17-44)26-7-5-25(6-8-26)28-9-10-29-39(37(28)46)54(3)51-41(29)56-18-15-35(58)50-43(56)60/h9-14,24-27,52H,4-8,15-21,23H2,1-3H3,(H,50,58,60)/t25?,26?,27-/m1/s1. The highest BCUT2D eigenvalue weighted by Gasteiger charge is 2.45. The summed E-state index contributed by atoms with van der Waals surface area (Å²) < 4.78 is 91.0. The van der Waals surface area contributed by atoms with Crippen molar-refractivity contribution in [1.29, 1.82) is 5.26 Å². The second-order valence-electron chi connectivity index (χ2n) is 17.2. The number of nitrogens with one attached hydrogen (secondary N) is 2. The third-order valence-corrected chi connectivity index (χ3v) is 15.1. The maximum Gasteiger partial charge on any atom is 0.329 e. The van der Waals surface area contributed by atoms with Crippen molar-refractivity contribution in [2.24, 2.45) is 7.05 Å². The van der Waals surface area contributed by atoms with Gasteiger partial charge in [-0.2, -0.15) is 23.1 Å². The Balaban J connectivity index is 0.847. The van der Waals surface area contributed by atoms with Crippen LogP contribution in [0.1, 0.15) is 81.4 Å². The van der Waals surface area contributed by atoms with Crippen molar-refractivity contribution in [3.63, 3.8) is 0 Å². The summed E-state index contributed by atoms with van der Waals surface area (Å²) in [6.45, 7) is 3.64. The molecule has 2 aromatic heterocycles. The molecule has 4 aliphatic rings. The van der Waals surface area contributed by atoms with Crippen LogP contribution in [-0.2, 0) is 26.8 Å². The lowest BCUT2D eigenvalue weighted by molar-refractivity contribution is -0.120. The smallest absolute Gasteiger partial charge is 0.329 e. The average Bonchev–Trinajstić information content (AvgIpc) is 3.86. The first-order valence-electron chi connectivity index (χ1n) is 21.6. The maximum absolute atomic E-state index is 16.3. The molecule has 9 rings (SSSR count). The third-order valence-electron chi connectivity index (χ3n) is 13.6. The van der Waals surface area contributed by atoms with Crippen molar-refractivity contribution >= 4 is 55.5 Å². The van der Waals surface area contributed by atoms with Gasteiger partial charge in [0.25, 0.3) is 5.56 Å². The zero-order valence-electron chi connectivity index (χ0n) is 35.9. The number of hydrogen-bond donors (Lipinski definition) is 2. The average molecular weight is 917 g/mol. The first-order chi connectivity index (χ1) is 31.1. The molecule has 342 valence electrons. The van der Waals surface area contributed by atoms with Crippen molar-refractivity contribution in [1.82, 2.24) is 33.9 Å². The molecule has 17 nitrogen and oxygen atoms in total. The Morgan fingerprint density at radius 2 is 1.77 bits per heavy atom. The van der Waals surface area contributed by atoms with Gasteiger partial charge in [0.15, 0.2) is 34.8 Å². The molecule has 2 N–H and O–H groups in total. The topological polar surface area (TPSA) is 197 Å². The predicted molar refractivity (Wildman–Crippen MR) is 232 cm³/mol. The summed E-state index contributed by atoms with van der Waals surface area (Å²) in [5.41, 5.74) is -0.995. The molecular weight excluding hydrogens is 870 g/mol. The number of amides is 3. The third kappa shape index (κ3) is 7.95. The number of carbonyl (C=O) groups excluding carboxylic acids is 2. The zero-order valence-corrected chi connectivity index (χ0v) is 36.8. The second-order valence-corrected chi connectivity index (χ2v) is 19.0. The number of rotatable bonds is 10. The van der Waals surface area contributed by atoms with E-state index in [4.69, 9.17) is 9.47 Å². The molecule has 3 aromatic carbocycles. The number of aromatic nitrogens is 4. The van der Waals surface area contributed by atoms with E-state index in [2.05, 4.69) is 25.0 Å². The molecular formula is C44H47F3N10O7S. The van der Waals surface area contributed by atoms with Crippen LogP contribution < -0.4 is 25.2 Å². The second kappa shape index (κ2) is 17.0. The Hall–Kier alpha value is -6.08. The maximum atomic E-state index is 16.3. The number of carbonyl (C=O) groups is 2. The number of anilines is 2. The van der Waals surface area contributed by atoms with Crippen molar-refractivity contribution in [3.05, 3.63) is 81.7 Å². The van der Waals surface area contributed by atoms with Gasteiger partial charge in [-0.25, -0.2) is 22.9 Å². The SMILES string of the molecule is CCN(C)S(=O)(=O)Nc1ccc(F)c(Oc2ccc3ncn([C@H]4COC5(CCN(C6CCC(c7ccc8c(N9CCC(=O)NC9=O)nn(C)c8c7F)CC6)CC5)C4)c(=O)c3c2F)c1C#N. The van der Waals surface area contributed by atoms with Gasteiger partial charge in [-0.15, -0.1) is 0 Å². The van der Waals surface area contributed by atoms with Crippen molar-refractivity contribution < 1.29 is 40.7 Å². The number of nitriles is 1. The van der Waals surface area contributed by atoms with Gasteiger partial charge in [0.1, 0.15) is 22.5 Å². The van der Waals surface area contributed by atoms with E-state index in [0.29, 0.717) is 34.7 Å². The molecule has 3 aliphatic heterocycles. The quantitative estimate of drug-likeness (QED) is 0.168. The monoisotopic (exact) mass is 916 g/mol. The molecule has 5 heterocycles. The summed E-state index contributed by atoms with van der Waals surface area (Å²) in [6.07, 6.45) is 6.83. The van der Waals surface area contributed by atoms with Crippen LogP contribution in [0, 0.1) is 28.8 Å². The molecule has 1 atom stereocenters. The first-order valence-corrected chi connectivity index (χ1v) is 23.0. The molecule has 1 saturated carbocycles. The molecule has 21 heteroatoms. The van der Waals surface area contributed by atoms with Crippen LogP contribution in [0.5, 0.6) is 11.5 Å². The van der Waals surface area contributed by atoms with Crippen LogP contribution >= 0.6 is 0 Å². The van der Waals surface area contributed by atoms with Crippen LogP contribution in [0.15, 0.2) is 47.5 Å². The lowest BCUT2D eigenvalue weighted by atomic mass is 9.79. The fourth-order valence-electron chi connectivity index (χ4n) is 9.85. The Kier molecular flexibility index (Phi) is 11.6.